The lowest BCUT2D eigenvalue weighted by molar-refractivity contribution is -0.167. The van der Waals surface area contributed by atoms with E-state index >= 15 is 0 Å². The average Bonchev–Trinajstić information content (AvgIpc) is 1.84. The van der Waals surface area contributed by atoms with Crippen LogP contribution >= 0.6 is 0 Å². The summed E-state index contributed by atoms with van der Waals surface area (Å²) in [6.07, 6.45) is 2.30. The second kappa shape index (κ2) is 2.01. The molecule has 0 aromatic heterocycles. The Morgan fingerprint density at radius 3 is 2.18 bits per heavy atom. The normalized spacial score (nSPS) is 53.5. The third-order valence-electron chi connectivity index (χ3n) is 4.18. The SMILES string of the molecule is CC1CC(O)C2CC1C2(C)C. The Bertz CT molecular complexity index is 158. The van der Waals surface area contributed by atoms with Gasteiger partial charge in [0.05, 0.1) is 6.10 Å². The lowest BCUT2D eigenvalue weighted by atomic mass is 9.45. The van der Waals surface area contributed by atoms with Crippen LogP contribution in [-0.4, -0.2) is 11.2 Å². The molecule has 3 rings (SSSR count). The summed E-state index contributed by atoms with van der Waals surface area (Å²) in [5.41, 5.74) is 0.428. The van der Waals surface area contributed by atoms with Crippen molar-refractivity contribution in [2.45, 2.75) is 39.7 Å². The molecule has 11 heavy (non-hydrogen) atoms. The fraction of sp³-hybridized carbons (Fsp3) is 1.00. The van der Waals surface area contributed by atoms with Crippen LogP contribution in [0.1, 0.15) is 33.6 Å². The number of aliphatic hydroxyl groups excluding tert-OH is 1. The maximum atomic E-state index is 9.72. The molecule has 0 aliphatic heterocycles. The van der Waals surface area contributed by atoms with Gasteiger partial charge in [-0.05, 0) is 36.0 Å². The summed E-state index contributed by atoms with van der Waals surface area (Å²) in [5.74, 6) is 2.23. The second-order valence-electron chi connectivity index (χ2n) is 5.05. The van der Waals surface area contributed by atoms with Crippen LogP contribution in [0.2, 0.25) is 0 Å². The van der Waals surface area contributed by atoms with Crippen LogP contribution < -0.4 is 0 Å². The fourth-order valence-electron chi connectivity index (χ4n) is 3.32. The van der Waals surface area contributed by atoms with Gasteiger partial charge in [-0.1, -0.05) is 20.8 Å². The predicted octanol–water partition coefficient (Wildman–Crippen LogP) is 2.05. The Kier molecular flexibility index (Phi) is 1.39. The molecule has 0 amide bonds. The van der Waals surface area contributed by atoms with Crippen molar-refractivity contribution in [3.8, 4) is 0 Å². The second-order valence-corrected chi connectivity index (χ2v) is 5.05. The van der Waals surface area contributed by atoms with Crippen molar-refractivity contribution in [2.75, 3.05) is 0 Å². The molecular formula is C10H18O. The molecule has 1 N–H and O–H groups in total. The minimum atomic E-state index is -0.00926. The van der Waals surface area contributed by atoms with Crippen molar-refractivity contribution in [1.29, 1.82) is 0 Å². The molecule has 2 bridgehead atoms. The largest absolute Gasteiger partial charge is 0.393 e. The molecule has 3 aliphatic rings. The zero-order valence-corrected chi connectivity index (χ0v) is 7.67. The molecule has 1 heteroatoms. The van der Waals surface area contributed by atoms with E-state index in [1.807, 2.05) is 0 Å². The highest BCUT2D eigenvalue weighted by atomic mass is 16.3. The summed E-state index contributed by atoms with van der Waals surface area (Å²) in [5, 5.41) is 9.72. The van der Waals surface area contributed by atoms with E-state index in [9.17, 15) is 5.11 Å². The van der Waals surface area contributed by atoms with Crippen LogP contribution in [0.3, 0.4) is 0 Å². The van der Waals surface area contributed by atoms with E-state index in [4.69, 9.17) is 0 Å². The topological polar surface area (TPSA) is 20.2 Å². The first kappa shape index (κ1) is 7.60. The van der Waals surface area contributed by atoms with Gasteiger partial charge in [0.25, 0.3) is 0 Å². The summed E-state index contributed by atoms with van der Waals surface area (Å²) in [7, 11) is 0. The molecule has 4 atom stereocenters. The maximum Gasteiger partial charge on any atom is 0.0576 e. The summed E-state index contributed by atoms with van der Waals surface area (Å²) in [6, 6.07) is 0. The molecule has 3 aliphatic carbocycles. The van der Waals surface area contributed by atoms with Crippen molar-refractivity contribution in [2.24, 2.45) is 23.2 Å². The quantitative estimate of drug-likeness (QED) is 0.566. The highest BCUT2D eigenvalue weighted by Crippen LogP contribution is 2.61. The molecule has 0 spiro atoms. The van der Waals surface area contributed by atoms with Gasteiger partial charge in [-0.3, -0.25) is 0 Å². The monoisotopic (exact) mass is 154 g/mol. The summed E-state index contributed by atoms with van der Waals surface area (Å²) in [6.45, 7) is 6.90. The van der Waals surface area contributed by atoms with Gasteiger partial charge in [-0.15, -0.1) is 0 Å². The zero-order chi connectivity index (χ0) is 8.22. The number of fused-ring (bicyclic) bond motifs is 2. The lowest BCUT2D eigenvalue weighted by Crippen LogP contribution is -2.57. The molecule has 0 aromatic rings. The maximum absolute atomic E-state index is 9.72. The highest BCUT2D eigenvalue weighted by molar-refractivity contribution is 5.05. The Morgan fingerprint density at radius 2 is 1.82 bits per heavy atom. The van der Waals surface area contributed by atoms with Gasteiger partial charge >= 0.3 is 0 Å². The molecule has 3 fully saturated rings. The van der Waals surface area contributed by atoms with Gasteiger partial charge in [-0.25, -0.2) is 0 Å². The van der Waals surface area contributed by atoms with Gasteiger partial charge in [0.15, 0.2) is 0 Å². The molecule has 0 heterocycles. The summed E-state index contributed by atoms with van der Waals surface area (Å²) in [4.78, 5) is 0. The van der Waals surface area contributed by atoms with Crippen LogP contribution in [0.25, 0.3) is 0 Å². The van der Waals surface area contributed by atoms with Crippen molar-refractivity contribution >= 4 is 0 Å². The van der Waals surface area contributed by atoms with E-state index in [-0.39, 0.29) is 6.10 Å². The minimum absolute atomic E-state index is 0.00926. The summed E-state index contributed by atoms with van der Waals surface area (Å²) < 4.78 is 0. The van der Waals surface area contributed by atoms with Crippen molar-refractivity contribution in [1.82, 2.24) is 0 Å². The predicted molar refractivity (Wildman–Crippen MR) is 45.2 cm³/mol. The molecule has 1 nitrogen and oxygen atoms in total. The molecule has 64 valence electrons. The van der Waals surface area contributed by atoms with Crippen LogP contribution in [0.4, 0.5) is 0 Å². The van der Waals surface area contributed by atoms with Crippen LogP contribution in [0, 0.1) is 23.2 Å². The van der Waals surface area contributed by atoms with Gasteiger partial charge in [0.2, 0.25) is 0 Å². The number of hydrogen-bond donors (Lipinski definition) is 1. The molecule has 0 radical (unpaired) electrons. The number of aliphatic hydroxyl groups is 1. The standard InChI is InChI=1S/C10H18O/c1-6-4-9(11)8-5-7(6)10(8,2)3/h6-9,11H,4-5H2,1-3H3. The number of rotatable bonds is 0. The van der Waals surface area contributed by atoms with Crippen molar-refractivity contribution < 1.29 is 5.11 Å². The Hall–Kier alpha value is -0.0400. The van der Waals surface area contributed by atoms with Crippen LogP contribution in [0.15, 0.2) is 0 Å². The zero-order valence-electron chi connectivity index (χ0n) is 7.67. The van der Waals surface area contributed by atoms with Gasteiger partial charge in [0.1, 0.15) is 0 Å². The molecular weight excluding hydrogens is 136 g/mol. The molecule has 0 aromatic carbocycles. The first-order valence-corrected chi connectivity index (χ1v) is 4.71. The Balaban J connectivity index is 2.20. The van der Waals surface area contributed by atoms with Crippen LogP contribution in [-0.2, 0) is 0 Å². The van der Waals surface area contributed by atoms with E-state index in [0.29, 0.717) is 11.3 Å². The van der Waals surface area contributed by atoms with E-state index in [1.54, 1.807) is 0 Å². The first-order valence-electron chi connectivity index (χ1n) is 4.71. The van der Waals surface area contributed by atoms with Crippen molar-refractivity contribution in [3.05, 3.63) is 0 Å². The van der Waals surface area contributed by atoms with Gasteiger partial charge in [0, 0.05) is 0 Å². The van der Waals surface area contributed by atoms with E-state index in [1.165, 1.54) is 6.42 Å². The Morgan fingerprint density at radius 1 is 1.18 bits per heavy atom. The average molecular weight is 154 g/mol. The van der Waals surface area contributed by atoms with Crippen molar-refractivity contribution in [3.63, 3.8) is 0 Å². The van der Waals surface area contributed by atoms with E-state index < -0.39 is 0 Å². The first-order chi connectivity index (χ1) is 5.03. The smallest absolute Gasteiger partial charge is 0.0576 e. The van der Waals surface area contributed by atoms with Crippen LogP contribution in [0.5, 0.6) is 0 Å². The van der Waals surface area contributed by atoms with Gasteiger partial charge < -0.3 is 5.11 Å². The summed E-state index contributed by atoms with van der Waals surface area (Å²) >= 11 is 0. The fourth-order valence-corrected chi connectivity index (χ4v) is 3.32. The molecule has 0 saturated heterocycles. The molecule has 4 unspecified atom stereocenters. The Labute approximate surface area is 68.8 Å². The third kappa shape index (κ3) is 0.807. The van der Waals surface area contributed by atoms with E-state index in [2.05, 4.69) is 20.8 Å². The number of hydrogen-bond acceptors (Lipinski definition) is 1. The highest BCUT2D eigenvalue weighted by Gasteiger charge is 2.56. The van der Waals surface area contributed by atoms with E-state index in [0.717, 1.165) is 18.3 Å². The van der Waals surface area contributed by atoms with Gasteiger partial charge in [-0.2, -0.15) is 0 Å². The minimum Gasteiger partial charge on any atom is -0.393 e. The lowest BCUT2D eigenvalue weighted by Gasteiger charge is -2.61. The third-order valence-corrected chi connectivity index (χ3v) is 4.18. The molecule has 3 saturated carbocycles.